The fraction of sp³-hybridized carbons (Fsp3) is 1.00. The highest BCUT2D eigenvalue weighted by atomic mass is 15.1. The molecule has 2 aliphatic carbocycles. The van der Waals surface area contributed by atoms with Crippen molar-refractivity contribution < 1.29 is 0 Å². The summed E-state index contributed by atoms with van der Waals surface area (Å²) in [4.78, 5) is 2.60. The Balaban J connectivity index is 1.35. The van der Waals surface area contributed by atoms with Crippen LogP contribution in [0.1, 0.15) is 58.3 Å². The molecule has 110 valence electrons. The predicted molar refractivity (Wildman–Crippen MR) is 81.3 cm³/mol. The van der Waals surface area contributed by atoms with E-state index in [0.29, 0.717) is 0 Å². The molecule has 2 nitrogen and oxygen atoms in total. The minimum atomic E-state index is 0.851. The van der Waals surface area contributed by atoms with Gasteiger partial charge in [0.25, 0.3) is 0 Å². The molecule has 19 heavy (non-hydrogen) atoms. The summed E-state index contributed by atoms with van der Waals surface area (Å²) in [5.74, 6) is 3.15. The Hall–Kier alpha value is -0.0800. The van der Waals surface area contributed by atoms with Crippen molar-refractivity contribution >= 4 is 0 Å². The molecular weight excluding hydrogens is 232 g/mol. The zero-order valence-corrected chi connectivity index (χ0v) is 12.7. The predicted octanol–water partition coefficient (Wildman–Crippen LogP) is 3.28. The van der Waals surface area contributed by atoms with E-state index in [1.807, 2.05) is 0 Å². The maximum Gasteiger partial charge on any atom is 0.00699 e. The molecular formula is C17H32N2. The van der Waals surface area contributed by atoms with E-state index in [0.717, 1.165) is 23.8 Å². The molecule has 2 saturated carbocycles. The molecule has 3 fully saturated rings. The summed E-state index contributed by atoms with van der Waals surface area (Å²) in [5.41, 5.74) is 0. The summed E-state index contributed by atoms with van der Waals surface area (Å²) in [5, 5.41) is 3.92. The molecule has 1 heterocycles. The second-order valence-corrected chi connectivity index (χ2v) is 7.25. The molecule has 2 unspecified atom stereocenters. The van der Waals surface area contributed by atoms with Crippen LogP contribution in [0.4, 0.5) is 0 Å². The van der Waals surface area contributed by atoms with Gasteiger partial charge in [-0.25, -0.2) is 0 Å². The van der Waals surface area contributed by atoms with Crippen molar-refractivity contribution in [1.29, 1.82) is 0 Å². The Morgan fingerprint density at radius 3 is 2.42 bits per heavy atom. The largest absolute Gasteiger partial charge is 0.314 e. The number of nitrogens with one attached hydrogen (secondary N) is 1. The standard InChI is InChI=1S/C17H32N2/c1-2-19-10-8-14(9-11-19)13-18-17-5-3-4-16(12-17)15-6-7-15/h14-18H,2-13H2,1H3. The number of likely N-dealkylation sites (tertiary alicyclic amines) is 1. The van der Waals surface area contributed by atoms with Crippen LogP contribution < -0.4 is 5.32 Å². The second-order valence-electron chi connectivity index (χ2n) is 7.25. The third-order valence-corrected chi connectivity index (χ3v) is 5.85. The molecule has 0 aromatic carbocycles. The molecule has 1 N–H and O–H groups in total. The highest BCUT2D eigenvalue weighted by molar-refractivity contribution is 4.88. The van der Waals surface area contributed by atoms with Gasteiger partial charge >= 0.3 is 0 Å². The lowest BCUT2D eigenvalue weighted by Gasteiger charge is -2.34. The Labute approximate surface area is 119 Å². The van der Waals surface area contributed by atoms with Crippen LogP contribution >= 0.6 is 0 Å². The molecule has 0 radical (unpaired) electrons. The monoisotopic (exact) mass is 264 g/mol. The van der Waals surface area contributed by atoms with Crippen LogP contribution in [0.15, 0.2) is 0 Å². The van der Waals surface area contributed by atoms with E-state index in [-0.39, 0.29) is 0 Å². The molecule has 0 bridgehead atoms. The van der Waals surface area contributed by atoms with Crippen LogP contribution in [-0.2, 0) is 0 Å². The van der Waals surface area contributed by atoms with E-state index >= 15 is 0 Å². The van der Waals surface area contributed by atoms with Gasteiger partial charge in [-0.1, -0.05) is 19.8 Å². The zero-order chi connectivity index (χ0) is 13.1. The maximum atomic E-state index is 3.92. The number of piperidine rings is 1. The van der Waals surface area contributed by atoms with E-state index in [4.69, 9.17) is 0 Å². The fourth-order valence-corrected chi connectivity index (χ4v) is 4.25. The van der Waals surface area contributed by atoms with Crippen LogP contribution in [0.2, 0.25) is 0 Å². The minimum Gasteiger partial charge on any atom is -0.314 e. The van der Waals surface area contributed by atoms with Gasteiger partial charge in [-0.2, -0.15) is 0 Å². The van der Waals surface area contributed by atoms with E-state index in [1.165, 1.54) is 77.5 Å². The topological polar surface area (TPSA) is 15.3 Å². The molecule has 0 amide bonds. The van der Waals surface area contributed by atoms with Crippen LogP contribution in [0.25, 0.3) is 0 Å². The van der Waals surface area contributed by atoms with Gasteiger partial charge in [-0.05, 0) is 82.5 Å². The first-order chi connectivity index (χ1) is 9.35. The first kappa shape index (κ1) is 13.9. The molecule has 3 aliphatic rings. The molecule has 0 aromatic rings. The summed E-state index contributed by atoms with van der Waals surface area (Å²) < 4.78 is 0. The van der Waals surface area contributed by atoms with Gasteiger partial charge in [0.15, 0.2) is 0 Å². The van der Waals surface area contributed by atoms with Crippen molar-refractivity contribution in [2.45, 2.75) is 64.3 Å². The lowest BCUT2D eigenvalue weighted by atomic mass is 9.82. The van der Waals surface area contributed by atoms with Crippen molar-refractivity contribution in [1.82, 2.24) is 10.2 Å². The average molecular weight is 264 g/mol. The smallest absolute Gasteiger partial charge is 0.00699 e. The van der Waals surface area contributed by atoms with E-state index in [2.05, 4.69) is 17.1 Å². The van der Waals surface area contributed by atoms with Crippen molar-refractivity contribution in [2.24, 2.45) is 17.8 Å². The van der Waals surface area contributed by atoms with Crippen molar-refractivity contribution in [3.63, 3.8) is 0 Å². The first-order valence-electron chi connectivity index (χ1n) is 8.81. The molecule has 1 saturated heterocycles. The fourth-order valence-electron chi connectivity index (χ4n) is 4.25. The van der Waals surface area contributed by atoms with E-state index in [9.17, 15) is 0 Å². The van der Waals surface area contributed by atoms with Crippen LogP contribution in [0, 0.1) is 17.8 Å². The Kier molecular flexibility index (Phi) is 4.81. The van der Waals surface area contributed by atoms with Gasteiger partial charge in [0.05, 0.1) is 0 Å². The Morgan fingerprint density at radius 2 is 1.74 bits per heavy atom. The van der Waals surface area contributed by atoms with Gasteiger partial charge in [0, 0.05) is 6.04 Å². The summed E-state index contributed by atoms with van der Waals surface area (Å²) in [6.07, 6.45) is 11.8. The van der Waals surface area contributed by atoms with Crippen LogP contribution in [0.5, 0.6) is 0 Å². The Bertz CT molecular complexity index is 266. The number of nitrogens with zero attached hydrogens (tertiary/aromatic N) is 1. The molecule has 2 atom stereocenters. The summed E-state index contributed by atoms with van der Waals surface area (Å²) >= 11 is 0. The molecule has 0 spiro atoms. The highest BCUT2D eigenvalue weighted by Crippen LogP contribution is 2.43. The second kappa shape index (κ2) is 6.58. The first-order valence-corrected chi connectivity index (χ1v) is 8.81. The summed E-state index contributed by atoms with van der Waals surface area (Å²) in [7, 11) is 0. The van der Waals surface area contributed by atoms with Crippen LogP contribution in [-0.4, -0.2) is 37.1 Å². The molecule has 3 rings (SSSR count). The quantitative estimate of drug-likeness (QED) is 0.820. The van der Waals surface area contributed by atoms with Gasteiger partial charge in [0.1, 0.15) is 0 Å². The minimum absolute atomic E-state index is 0.851. The lowest BCUT2D eigenvalue weighted by Crippen LogP contribution is -2.41. The van der Waals surface area contributed by atoms with E-state index < -0.39 is 0 Å². The highest BCUT2D eigenvalue weighted by Gasteiger charge is 2.34. The van der Waals surface area contributed by atoms with Crippen molar-refractivity contribution in [2.75, 3.05) is 26.2 Å². The molecule has 2 heteroatoms. The normalized spacial score (nSPS) is 34.6. The van der Waals surface area contributed by atoms with Crippen molar-refractivity contribution in [3.05, 3.63) is 0 Å². The number of hydrogen-bond donors (Lipinski definition) is 1. The average Bonchev–Trinajstić information content (AvgIpc) is 3.31. The lowest BCUT2D eigenvalue weighted by molar-refractivity contribution is 0.180. The van der Waals surface area contributed by atoms with Gasteiger partial charge in [0.2, 0.25) is 0 Å². The van der Waals surface area contributed by atoms with Gasteiger partial charge in [-0.15, -0.1) is 0 Å². The number of hydrogen-bond acceptors (Lipinski definition) is 2. The van der Waals surface area contributed by atoms with Crippen LogP contribution in [0.3, 0.4) is 0 Å². The van der Waals surface area contributed by atoms with Crippen molar-refractivity contribution in [3.8, 4) is 0 Å². The Morgan fingerprint density at radius 1 is 0.947 bits per heavy atom. The van der Waals surface area contributed by atoms with Gasteiger partial charge < -0.3 is 10.2 Å². The van der Waals surface area contributed by atoms with Gasteiger partial charge in [-0.3, -0.25) is 0 Å². The molecule has 1 aliphatic heterocycles. The third-order valence-electron chi connectivity index (χ3n) is 5.85. The zero-order valence-electron chi connectivity index (χ0n) is 12.7. The van der Waals surface area contributed by atoms with E-state index in [1.54, 1.807) is 0 Å². The SMILES string of the molecule is CCN1CCC(CNC2CCCC(C3CC3)C2)CC1. The number of rotatable bonds is 5. The molecule has 0 aromatic heterocycles. The summed E-state index contributed by atoms with van der Waals surface area (Å²) in [6, 6.07) is 0.851. The third kappa shape index (κ3) is 3.95. The summed E-state index contributed by atoms with van der Waals surface area (Å²) in [6.45, 7) is 7.49. The maximum absolute atomic E-state index is 3.92.